The predicted octanol–water partition coefficient (Wildman–Crippen LogP) is 3.61. The molecular weight excluding hydrogens is 548 g/mol. The summed E-state index contributed by atoms with van der Waals surface area (Å²) in [5.74, 6) is 1.02. The zero-order valence-electron chi connectivity index (χ0n) is 23.6. The normalized spacial score (nSPS) is 20.1. The summed E-state index contributed by atoms with van der Waals surface area (Å²) >= 11 is 1.89. The lowest BCUT2D eigenvalue weighted by atomic mass is 10.0. The highest BCUT2D eigenvalue weighted by atomic mass is 32.2. The molecule has 3 amide bonds. The number of unbranched alkanes of at least 4 members (excludes halogenated alkanes) is 1. The number of amides is 3. The van der Waals surface area contributed by atoms with Gasteiger partial charge in [-0.3, -0.25) is 14.9 Å². The van der Waals surface area contributed by atoms with Gasteiger partial charge in [-0.05, 0) is 76.8 Å². The van der Waals surface area contributed by atoms with E-state index in [0.29, 0.717) is 30.4 Å². The Labute approximate surface area is 244 Å². The molecule has 0 saturated carbocycles. The van der Waals surface area contributed by atoms with Gasteiger partial charge in [0, 0.05) is 46.7 Å². The second kappa shape index (κ2) is 16.9. The van der Waals surface area contributed by atoms with Gasteiger partial charge in [0.25, 0.3) is 5.69 Å². The summed E-state index contributed by atoms with van der Waals surface area (Å²) < 4.78 is 0. The van der Waals surface area contributed by atoms with Crippen LogP contribution in [0.4, 0.5) is 21.9 Å². The van der Waals surface area contributed by atoms with Crippen molar-refractivity contribution < 1.29 is 14.5 Å². The molecule has 1 aromatic rings. The van der Waals surface area contributed by atoms with Crippen molar-refractivity contribution in [3.8, 4) is 0 Å². The molecule has 0 aliphatic carbocycles. The number of rotatable bonds is 19. The van der Waals surface area contributed by atoms with Gasteiger partial charge in [0.2, 0.25) is 5.91 Å². The number of nitro groups is 1. The fourth-order valence-electron chi connectivity index (χ4n) is 5.21. The number of nitrogens with zero attached hydrogens (tertiary/aromatic N) is 5. The van der Waals surface area contributed by atoms with E-state index >= 15 is 0 Å². The van der Waals surface area contributed by atoms with Gasteiger partial charge in [-0.25, -0.2) is 4.79 Å². The number of benzene rings is 1. The maximum Gasteiger partial charge on any atom is 0.315 e. The summed E-state index contributed by atoms with van der Waals surface area (Å²) in [5.41, 5.74) is 14.8. The molecule has 2 aliphatic rings. The average Bonchev–Trinajstić information content (AvgIpc) is 3.50. The van der Waals surface area contributed by atoms with Crippen molar-refractivity contribution in [3.63, 3.8) is 0 Å². The molecule has 0 aromatic heterocycles. The molecule has 2 fully saturated rings. The quantitative estimate of drug-likeness (QED) is 0.0305. The molecule has 2 aliphatic heterocycles. The molecule has 1 unspecified atom stereocenters. The average molecular weight is 591 g/mol. The molecule has 14 nitrogen and oxygen atoms in total. The lowest BCUT2D eigenvalue weighted by Gasteiger charge is -2.23. The van der Waals surface area contributed by atoms with Crippen LogP contribution >= 0.6 is 11.8 Å². The van der Waals surface area contributed by atoms with Crippen molar-refractivity contribution in [2.24, 2.45) is 10.8 Å². The summed E-state index contributed by atoms with van der Waals surface area (Å²) in [6.07, 6.45) is 6.45. The van der Waals surface area contributed by atoms with Crippen LogP contribution in [-0.2, 0) is 4.79 Å². The number of nitrogens with one attached hydrogen (secondary N) is 4. The molecule has 0 spiro atoms. The third kappa shape index (κ3) is 10.6. The summed E-state index contributed by atoms with van der Waals surface area (Å²) in [5, 5.41) is 27.7. The summed E-state index contributed by atoms with van der Waals surface area (Å²) in [7, 11) is 2.02. The number of carbonyl (C=O) groups is 2. The highest BCUT2D eigenvalue weighted by molar-refractivity contribution is 8.00. The maximum atomic E-state index is 12.2. The van der Waals surface area contributed by atoms with Gasteiger partial charge in [0.15, 0.2) is 0 Å². The molecule has 226 valence electrons. The highest BCUT2D eigenvalue weighted by Crippen LogP contribution is 2.33. The predicted molar refractivity (Wildman–Crippen MR) is 161 cm³/mol. The van der Waals surface area contributed by atoms with Crippen LogP contribution in [0.3, 0.4) is 0 Å². The van der Waals surface area contributed by atoms with Gasteiger partial charge < -0.3 is 31.9 Å². The van der Waals surface area contributed by atoms with Crippen LogP contribution in [0.25, 0.3) is 10.4 Å². The van der Waals surface area contributed by atoms with Crippen LogP contribution in [0.1, 0.15) is 51.4 Å². The van der Waals surface area contributed by atoms with Crippen molar-refractivity contribution >= 4 is 40.8 Å². The number of nitrogens with two attached hydrogens (primary N) is 1. The Kier molecular flexibility index (Phi) is 13.3. The third-order valence-corrected chi connectivity index (χ3v) is 8.94. The van der Waals surface area contributed by atoms with E-state index in [-0.39, 0.29) is 41.4 Å². The Bertz CT molecular complexity index is 1090. The standard InChI is InChI=1S/C26H42N10O4S/c1-35(14-5-13-29-24(37)8-3-2-7-23-25-21(17-41-23)31-26(38)32-25)15-11-18(6-4-12-27)30-20-10-9-19(33-34-28)16-22(20)36(39)40/h9-10,16,18,21,23,25,30H,2-8,11-15,17,27H2,1H3,(H,29,37)(H2,31,32,38)/t18?,21-,23-,25-/m0/s1. The second-order valence-electron chi connectivity index (χ2n) is 10.6. The molecule has 1 aromatic carbocycles. The van der Waals surface area contributed by atoms with Crippen LogP contribution < -0.4 is 27.0 Å². The van der Waals surface area contributed by atoms with E-state index in [0.717, 1.165) is 63.8 Å². The minimum atomic E-state index is -0.489. The number of carbonyl (C=O) groups excluding carboxylic acids is 2. The van der Waals surface area contributed by atoms with E-state index in [4.69, 9.17) is 11.3 Å². The van der Waals surface area contributed by atoms with Gasteiger partial charge >= 0.3 is 6.03 Å². The number of azide groups is 1. The zero-order chi connectivity index (χ0) is 29.6. The fraction of sp³-hybridized carbons (Fsp3) is 0.692. The summed E-state index contributed by atoms with van der Waals surface area (Å²) in [6.45, 7) is 2.73. The Morgan fingerprint density at radius 2 is 2.12 bits per heavy atom. The fourth-order valence-corrected chi connectivity index (χ4v) is 6.75. The number of hydrogen-bond acceptors (Lipinski definition) is 9. The molecule has 2 heterocycles. The van der Waals surface area contributed by atoms with E-state index in [1.54, 1.807) is 12.1 Å². The van der Waals surface area contributed by atoms with Crippen molar-refractivity contribution in [1.82, 2.24) is 20.9 Å². The minimum absolute atomic E-state index is 0.0144. The Hall–Kier alpha value is -3.26. The van der Waals surface area contributed by atoms with E-state index in [1.807, 2.05) is 18.8 Å². The molecule has 6 N–H and O–H groups in total. The van der Waals surface area contributed by atoms with Gasteiger partial charge in [0.05, 0.1) is 17.0 Å². The number of anilines is 1. The first kappa shape index (κ1) is 32.3. The van der Waals surface area contributed by atoms with E-state index in [2.05, 4.69) is 36.2 Å². The van der Waals surface area contributed by atoms with Crippen molar-refractivity contribution in [1.29, 1.82) is 0 Å². The summed E-state index contributed by atoms with van der Waals surface area (Å²) in [6, 6.07) is 4.74. The van der Waals surface area contributed by atoms with Crippen molar-refractivity contribution in [2.75, 3.05) is 44.3 Å². The molecule has 41 heavy (non-hydrogen) atoms. The SMILES string of the molecule is CN(CCCNC(=O)CCCC[C@@H]1SC[C@@H]2NC(=O)N[C@@H]21)CCC(CCCN)Nc1ccc(N=[N+]=[N-])cc1[N+](=O)[O-]. The Morgan fingerprint density at radius 1 is 1.29 bits per heavy atom. The third-order valence-electron chi connectivity index (χ3n) is 7.43. The first-order valence-electron chi connectivity index (χ1n) is 14.2. The van der Waals surface area contributed by atoms with Crippen LogP contribution in [0, 0.1) is 10.1 Å². The topological polar surface area (TPSA) is 203 Å². The first-order chi connectivity index (χ1) is 19.8. The van der Waals surface area contributed by atoms with Crippen LogP contribution in [0.15, 0.2) is 23.3 Å². The molecule has 15 heteroatoms. The number of fused-ring (bicyclic) bond motifs is 1. The van der Waals surface area contributed by atoms with Gasteiger partial charge in [-0.1, -0.05) is 17.6 Å². The molecule has 2 saturated heterocycles. The number of hydrogen-bond donors (Lipinski definition) is 5. The van der Waals surface area contributed by atoms with Crippen molar-refractivity contribution in [3.05, 3.63) is 38.8 Å². The Morgan fingerprint density at radius 3 is 2.88 bits per heavy atom. The maximum absolute atomic E-state index is 12.2. The minimum Gasteiger partial charge on any atom is -0.377 e. The van der Waals surface area contributed by atoms with Gasteiger partial charge in [-0.15, -0.1) is 0 Å². The highest BCUT2D eigenvalue weighted by Gasteiger charge is 2.42. The Balaban J connectivity index is 1.31. The lowest BCUT2D eigenvalue weighted by Crippen LogP contribution is -2.36. The van der Waals surface area contributed by atoms with E-state index in [1.165, 1.54) is 6.07 Å². The van der Waals surface area contributed by atoms with Gasteiger partial charge in [-0.2, -0.15) is 11.8 Å². The molecule has 4 atom stereocenters. The number of urea groups is 1. The zero-order valence-corrected chi connectivity index (χ0v) is 24.4. The molecular formula is C26H42N10O4S. The first-order valence-corrected chi connectivity index (χ1v) is 15.3. The largest absolute Gasteiger partial charge is 0.377 e. The van der Waals surface area contributed by atoms with E-state index < -0.39 is 4.92 Å². The number of thioether (sulfide) groups is 1. The second-order valence-corrected chi connectivity index (χ2v) is 11.9. The van der Waals surface area contributed by atoms with Crippen LogP contribution in [0.5, 0.6) is 0 Å². The van der Waals surface area contributed by atoms with Crippen molar-refractivity contribution in [2.45, 2.75) is 74.7 Å². The molecule has 0 bridgehead atoms. The van der Waals surface area contributed by atoms with Crippen LogP contribution in [0.2, 0.25) is 0 Å². The smallest absolute Gasteiger partial charge is 0.315 e. The summed E-state index contributed by atoms with van der Waals surface area (Å²) in [4.78, 5) is 39.7. The number of nitro benzene ring substituents is 1. The molecule has 0 radical (unpaired) electrons. The van der Waals surface area contributed by atoms with E-state index in [9.17, 15) is 19.7 Å². The monoisotopic (exact) mass is 590 g/mol. The van der Waals surface area contributed by atoms with Gasteiger partial charge in [0.1, 0.15) is 5.69 Å². The van der Waals surface area contributed by atoms with Crippen LogP contribution in [-0.4, -0.2) is 84.1 Å². The molecule has 3 rings (SSSR count). The lowest BCUT2D eigenvalue weighted by molar-refractivity contribution is -0.383.